The van der Waals surface area contributed by atoms with Crippen molar-refractivity contribution < 1.29 is 0 Å². The van der Waals surface area contributed by atoms with Crippen LogP contribution in [0.15, 0.2) is 0 Å². The first-order valence-electron chi connectivity index (χ1n) is 6.14. The maximum absolute atomic E-state index is 6.06. The summed E-state index contributed by atoms with van der Waals surface area (Å²) in [4.78, 5) is 2.65. The minimum atomic E-state index is 0.357. The lowest BCUT2D eigenvalue weighted by Gasteiger charge is -2.55. The van der Waals surface area contributed by atoms with Crippen LogP contribution >= 0.6 is 0 Å². The summed E-state index contributed by atoms with van der Waals surface area (Å²) >= 11 is 0. The number of likely N-dealkylation sites (tertiary alicyclic amines) is 1. The van der Waals surface area contributed by atoms with Gasteiger partial charge in [-0.25, -0.2) is 0 Å². The molecule has 3 atom stereocenters. The molecule has 0 amide bonds. The maximum atomic E-state index is 6.06. The van der Waals surface area contributed by atoms with Gasteiger partial charge in [-0.05, 0) is 44.2 Å². The molecular formula is C12H24N2. The van der Waals surface area contributed by atoms with Gasteiger partial charge in [-0.2, -0.15) is 0 Å². The molecule has 2 N–H and O–H groups in total. The highest BCUT2D eigenvalue weighted by Crippen LogP contribution is 2.42. The van der Waals surface area contributed by atoms with Gasteiger partial charge in [0.1, 0.15) is 0 Å². The fourth-order valence-corrected chi connectivity index (χ4v) is 3.33. The van der Waals surface area contributed by atoms with Gasteiger partial charge in [0.2, 0.25) is 0 Å². The van der Waals surface area contributed by atoms with Gasteiger partial charge in [-0.15, -0.1) is 0 Å². The number of nitrogens with two attached hydrogens (primary N) is 1. The van der Waals surface area contributed by atoms with Crippen molar-refractivity contribution in [3.63, 3.8) is 0 Å². The molecule has 2 nitrogen and oxygen atoms in total. The van der Waals surface area contributed by atoms with Gasteiger partial charge in [0.05, 0.1) is 0 Å². The van der Waals surface area contributed by atoms with Crippen LogP contribution in [0.5, 0.6) is 0 Å². The zero-order valence-corrected chi connectivity index (χ0v) is 9.63. The molecule has 0 aromatic carbocycles. The van der Waals surface area contributed by atoms with Crippen molar-refractivity contribution in [3.8, 4) is 0 Å². The zero-order valence-electron chi connectivity index (χ0n) is 9.63. The van der Waals surface area contributed by atoms with Gasteiger partial charge in [-0.3, -0.25) is 4.90 Å². The summed E-state index contributed by atoms with van der Waals surface area (Å²) in [6, 6.07) is 0. The third-order valence-electron chi connectivity index (χ3n) is 4.55. The fourth-order valence-electron chi connectivity index (χ4n) is 3.33. The lowest BCUT2D eigenvalue weighted by molar-refractivity contribution is -0.0413. The van der Waals surface area contributed by atoms with E-state index in [9.17, 15) is 0 Å². The molecule has 82 valence electrons. The fraction of sp³-hybridized carbons (Fsp3) is 1.00. The van der Waals surface area contributed by atoms with E-state index in [4.69, 9.17) is 5.73 Å². The molecular weight excluding hydrogens is 172 g/mol. The van der Waals surface area contributed by atoms with Gasteiger partial charge in [0.25, 0.3) is 0 Å². The van der Waals surface area contributed by atoms with Crippen LogP contribution < -0.4 is 5.73 Å². The van der Waals surface area contributed by atoms with Gasteiger partial charge in [-0.1, -0.05) is 20.3 Å². The lowest BCUT2D eigenvalue weighted by atomic mass is 9.68. The summed E-state index contributed by atoms with van der Waals surface area (Å²) < 4.78 is 0. The maximum Gasteiger partial charge on any atom is 0.0359 e. The highest BCUT2D eigenvalue weighted by atomic mass is 15.3. The third kappa shape index (κ3) is 1.49. The molecule has 0 aromatic rings. The van der Waals surface area contributed by atoms with Crippen LogP contribution in [0.4, 0.5) is 0 Å². The van der Waals surface area contributed by atoms with E-state index >= 15 is 0 Å². The van der Waals surface area contributed by atoms with E-state index in [1.54, 1.807) is 0 Å². The van der Waals surface area contributed by atoms with E-state index in [0.717, 1.165) is 18.4 Å². The van der Waals surface area contributed by atoms with Gasteiger partial charge in [0, 0.05) is 12.1 Å². The topological polar surface area (TPSA) is 29.3 Å². The molecule has 3 unspecified atom stereocenters. The molecule has 2 fully saturated rings. The van der Waals surface area contributed by atoms with Crippen LogP contribution in [0, 0.1) is 11.8 Å². The second-order valence-corrected chi connectivity index (χ2v) is 5.44. The van der Waals surface area contributed by atoms with Gasteiger partial charge in [0.15, 0.2) is 0 Å². The predicted octanol–water partition coefficient (Wildman–Crippen LogP) is 1.85. The van der Waals surface area contributed by atoms with Crippen molar-refractivity contribution in [2.75, 3.05) is 19.6 Å². The van der Waals surface area contributed by atoms with Crippen molar-refractivity contribution in [1.29, 1.82) is 0 Å². The van der Waals surface area contributed by atoms with Crippen LogP contribution in [-0.2, 0) is 0 Å². The average Bonchev–Trinajstić information content (AvgIpc) is 2.08. The van der Waals surface area contributed by atoms with E-state index in [1.807, 2.05) is 0 Å². The smallest absolute Gasteiger partial charge is 0.0359 e. The molecule has 1 heterocycles. The zero-order chi connectivity index (χ0) is 10.2. The van der Waals surface area contributed by atoms with Crippen LogP contribution in [0.1, 0.15) is 39.5 Å². The third-order valence-corrected chi connectivity index (χ3v) is 4.55. The van der Waals surface area contributed by atoms with E-state index < -0.39 is 0 Å². The van der Waals surface area contributed by atoms with Crippen LogP contribution in [-0.4, -0.2) is 30.1 Å². The first kappa shape index (κ1) is 10.4. The average molecular weight is 196 g/mol. The molecule has 1 saturated heterocycles. The van der Waals surface area contributed by atoms with E-state index in [1.165, 1.54) is 38.8 Å². The molecule has 2 rings (SSSR count). The number of nitrogens with zero attached hydrogens (tertiary/aromatic N) is 1. The lowest BCUT2D eigenvalue weighted by Crippen LogP contribution is -2.64. The Morgan fingerprint density at radius 2 is 2.00 bits per heavy atom. The van der Waals surface area contributed by atoms with E-state index in [0.29, 0.717) is 5.54 Å². The Morgan fingerprint density at radius 3 is 2.50 bits per heavy atom. The first-order chi connectivity index (χ1) is 6.69. The first-order valence-corrected chi connectivity index (χ1v) is 6.14. The summed E-state index contributed by atoms with van der Waals surface area (Å²) in [5, 5.41) is 0. The number of hydrogen-bond donors (Lipinski definition) is 1. The molecule has 2 heteroatoms. The molecule has 14 heavy (non-hydrogen) atoms. The van der Waals surface area contributed by atoms with Gasteiger partial charge >= 0.3 is 0 Å². The summed E-state index contributed by atoms with van der Waals surface area (Å²) in [7, 11) is 0. The summed E-state index contributed by atoms with van der Waals surface area (Å²) in [6.45, 7) is 8.22. The molecule has 2 aliphatic rings. The van der Waals surface area contributed by atoms with Crippen LogP contribution in [0.2, 0.25) is 0 Å². The molecule has 0 spiro atoms. The van der Waals surface area contributed by atoms with Gasteiger partial charge < -0.3 is 5.73 Å². The number of rotatable bonds is 2. The minimum absolute atomic E-state index is 0.357. The Labute approximate surface area is 87.8 Å². The summed E-state index contributed by atoms with van der Waals surface area (Å²) in [5.41, 5.74) is 6.42. The van der Waals surface area contributed by atoms with Crippen molar-refractivity contribution in [2.24, 2.45) is 17.6 Å². The molecule has 0 radical (unpaired) electrons. The predicted molar refractivity (Wildman–Crippen MR) is 60.2 cm³/mol. The van der Waals surface area contributed by atoms with Crippen LogP contribution in [0.3, 0.4) is 0 Å². The molecule has 0 bridgehead atoms. The quantitative estimate of drug-likeness (QED) is 0.730. The van der Waals surface area contributed by atoms with Crippen LogP contribution in [0.25, 0.3) is 0 Å². The Bertz CT molecular complexity index is 196. The molecule has 1 saturated carbocycles. The van der Waals surface area contributed by atoms with Crippen molar-refractivity contribution in [3.05, 3.63) is 0 Å². The molecule has 1 aliphatic carbocycles. The molecule has 0 aromatic heterocycles. The standard InChI is InChI=1S/C12H24N2/c1-10-4-5-11(2)12(8-10,9-13)14-6-3-7-14/h10-11H,3-9,13H2,1-2H3. The second kappa shape index (κ2) is 3.82. The number of hydrogen-bond acceptors (Lipinski definition) is 2. The summed E-state index contributed by atoms with van der Waals surface area (Å²) in [6.07, 6.45) is 5.47. The van der Waals surface area contributed by atoms with Crippen molar-refractivity contribution >= 4 is 0 Å². The highest BCUT2D eigenvalue weighted by molar-refractivity contribution is 5.02. The Kier molecular flexibility index (Phi) is 2.85. The Balaban J connectivity index is 2.13. The summed E-state index contributed by atoms with van der Waals surface area (Å²) in [5.74, 6) is 1.67. The van der Waals surface area contributed by atoms with E-state index in [-0.39, 0.29) is 0 Å². The highest BCUT2D eigenvalue weighted by Gasteiger charge is 2.45. The molecule has 1 aliphatic heterocycles. The Hall–Kier alpha value is -0.0800. The van der Waals surface area contributed by atoms with E-state index in [2.05, 4.69) is 18.7 Å². The minimum Gasteiger partial charge on any atom is -0.329 e. The Morgan fingerprint density at radius 1 is 1.29 bits per heavy atom. The normalized spacial score (nSPS) is 44.8. The largest absolute Gasteiger partial charge is 0.329 e. The SMILES string of the molecule is CC1CCC(C)C(CN)(N2CCC2)C1. The second-order valence-electron chi connectivity index (χ2n) is 5.44. The van der Waals surface area contributed by atoms with Crippen molar-refractivity contribution in [1.82, 2.24) is 4.90 Å². The monoisotopic (exact) mass is 196 g/mol. The van der Waals surface area contributed by atoms with Crippen molar-refractivity contribution in [2.45, 2.75) is 45.1 Å².